The van der Waals surface area contributed by atoms with Gasteiger partial charge in [0.15, 0.2) is 0 Å². The first kappa shape index (κ1) is 11.5. The van der Waals surface area contributed by atoms with Crippen LogP contribution in [0.4, 0.5) is 5.82 Å². The second-order valence-electron chi connectivity index (χ2n) is 5.17. The monoisotopic (exact) mass is 243 g/mol. The molecule has 1 N–H and O–H groups in total. The van der Waals surface area contributed by atoms with Crippen molar-refractivity contribution in [1.82, 2.24) is 4.98 Å². The summed E-state index contributed by atoms with van der Waals surface area (Å²) >= 11 is 0. The van der Waals surface area contributed by atoms with Crippen LogP contribution in [0.2, 0.25) is 0 Å². The fraction of sp³-hybridized carbons (Fsp3) is 0.571. The van der Waals surface area contributed by atoms with E-state index in [0.29, 0.717) is 12.1 Å². The molecule has 18 heavy (non-hydrogen) atoms. The van der Waals surface area contributed by atoms with Gasteiger partial charge in [-0.3, -0.25) is 0 Å². The fourth-order valence-corrected chi connectivity index (χ4v) is 2.93. The molecule has 1 aliphatic carbocycles. The van der Waals surface area contributed by atoms with Gasteiger partial charge in [0.25, 0.3) is 0 Å². The highest BCUT2D eigenvalue weighted by Crippen LogP contribution is 2.28. The van der Waals surface area contributed by atoms with Crippen LogP contribution in [0.5, 0.6) is 0 Å². The molecule has 4 heteroatoms. The minimum Gasteiger partial charge on any atom is -0.391 e. The average molecular weight is 243 g/mol. The number of fused-ring (bicyclic) bond motifs is 1. The van der Waals surface area contributed by atoms with Gasteiger partial charge in [-0.1, -0.05) is 0 Å². The topological polar surface area (TPSA) is 60.2 Å². The predicted molar refractivity (Wildman–Crippen MR) is 68.4 cm³/mol. The lowest BCUT2D eigenvalue weighted by Crippen LogP contribution is -2.39. The Hall–Kier alpha value is -1.60. The number of pyridine rings is 1. The summed E-state index contributed by atoms with van der Waals surface area (Å²) in [7, 11) is 0. The summed E-state index contributed by atoms with van der Waals surface area (Å²) in [5, 5.41) is 19.0. The van der Waals surface area contributed by atoms with Gasteiger partial charge in [0.05, 0.1) is 11.7 Å². The SMILES string of the molecule is N#Cc1cc2c(nc1N1CCC[C@H](O)C1)CCC2. The molecular formula is C14H17N3O. The number of aliphatic hydroxyl groups excluding tert-OH is 1. The van der Waals surface area contributed by atoms with Gasteiger partial charge in [0, 0.05) is 18.8 Å². The van der Waals surface area contributed by atoms with Crippen molar-refractivity contribution in [1.29, 1.82) is 5.26 Å². The zero-order chi connectivity index (χ0) is 12.5. The Balaban J connectivity index is 1.98. The Labute approximate surface area is 107 Å². The molecule has 1 fully saturated rings. The van der Waals surface area contributed by atoms with Gasteiger partial charge in [0.1, 0.15) is 11.9 Å². The summed E-state index contributed by atoms with van der Waals surface area (Å²) in [6, 6.07) is 4.24. The highest BCUT2D eigenvalue weighted by atomic mass is 16.3. The molecule has 1 aliphatic heterocycles. The van der Waals surface area contributed by atoms with Crippen LogP contribution in [0, 0.1) is 11.3 Å². The van der Waals surface area contributed by atoms with Crippen molar-refractivity contribution in [3.8, 4) is 6.07 Å². The molecule has 0 unspecified atom stereocenters. The number of anilines is 1. The van der Waals surface area contributed by atoms with Gasteiger partial charge in [-0.2, -0.15) is 5.26 Å². The molecule has 1 aromatic rings. The van der Waals surface area contributed by atoms with E-state index in [2.05, 4.69) is 16.0 Å². The molecule has 0 aromatic carbocycles. The molecule has 1 saturated heterocycles. The van der Waals surface area contributed by atoms with Crippen molar-refractivity contribution in [2.75, 3.05) is 18.0 Å². The minimum atomic E-state index is -0.291. The summed E-state index contributed by atoms with van der Waals surface area (Å²) in [5.41, 5.74) is 3.03. The number of nitriles is 1. The molecule has 2 heterocycles. The van der Waals surface area contributed by atoms with Crippen molar-refractivity contribution in [2.24, 2.45) is 0 Å². The highest BCUT2D eigenvalue weighted by Gasteiger charge is 2.24. The zero-order valence-corrected chi connectivity index (χ0v) is 10.4. The van der Waals surface area contributed by atoms with Crippen LogP contribution in [0.3, 0.4) is 0 Å². The van der Waals surface area contributed by atoms with Crippen molar-refractivity contribution in [3.05, 3.63) is 22.9 Å². The van der Waals surface area contributed by atoms with Crippen LogP contribution in [-0.4, -0.2) is 29.3 Å². The zero-order valence-electron chi connectivity index (χ0n) is 10.4. The third-order valence-corrected chi connectivity index (χ3v) is 3.85. The molecule has 0 spiro atoms. The van der Waals surface area contributed by atoms with E-state index < -0.39 is 0 Å². The first-order chi connectivity index (χ1) is 8.78. The molecule has 0 amide bonds. The third-order valence-electron chi connectivity index (χ3n) is 3.85. The predicted octanol–water partition coefficient (Wildman–Crippen LogP) is 1.40. The molecule has 0 radical (unpaired) electrons. The van der Waals surface area contributed by atoms with Crippen molar-refractivity contribution in [2.45, 2.75) is 38.2 Å². The van der Waals surface area contributed by atoms with E-state index >= 15 is 0 Å². The van der Waals surface area contributed by atoms with Crippen LogP contribution in [-0.2, 0) is 12.8 Å². The number of aromatic nitrogens is 1. The summed E-state index contributed by atoms with van der Waals surface area (Å²) in [5.74, 6) is 0.775. The Bertz CT molecular complexity index is 506. The van der Waals surface area contributed by atoms with Gasteiger partial charge in [-0.05, 0) is 43.7 Å². The number of nitrogens with zero attached hydrogens (tertiary/aromatic N) is 3. The van der Waals surface area contributed by atoms with Gasteiger partial charge in [0.2, 0.25) is 0 Å². The van der Waals surface area contributed by atoms with Gasteiger partial charge >= 0.3 is 0 Å². The van der Waals surface area contributed by atoms with Gasteiger partial charge in [-0.15, -0.1) is 0 Å². The van der Waals surface area contributed by atoms with Gasteiger partial charge < -0.3 is 10.0 Å². The van der Waals surface area contributed by atoms with Gasteiger partial charge in [-0.25, -0.2) is 4.98 Å². The van der Waals surface area contributed by atoms with E-state index in [1.54, 1.807) is 0 Å². The lowest BCUT2D eigenvalue weighted by atomic mass is 10.1. The lowest BCUT2D eigenvalue weighted by Gasteiger charge is -2.31. The Kier molecular flexibility index (Phi) is 2.92. The number of aryl methyl sites for hydroxylation is 2. The summed E-state index contributed by atoms with van der Waals surface area (Å²) in [6.07, 6.45) is 4.72. The summed E-state index contributed by atoms with van der Waals surface area (Å²) in [6.45, 7) is 1.48. The maximum absolute atomic E-state index is 9.75. The smallest absolute Gasteiger partial charge is 0.146 e. The molecular weight excluding hydrogens is 226 g/mol. The second kappa shape index (κ2) is 4.58. The van der Waals surface area contributed by atoms with Crippen LogP contribution in [0.15, 0.2) is 6.07 Å². The number of piperidine rings is 1. The molecule has 0 bridgehead atoms. The van der Waals surface area contributed by atoms with E-state index in [4.69, 9.17) is 0 Å². The van der Waals surface area contributed by atoms with E-state index in [1.165, 1.54) is 5.56 Å². The second-order valence-corrected chi connectivity index (χ2v) is 5.17. The van der Waals surface area contributed by atoms with E-state index in [-0.39, 0.29) is 6.10 Å². The largest absolute Gasteiger partial charge is 0.391 e. The highest BCUT2D eigenvalue weighted by molar-refractivity contribution is 5.57. The molecule has 3 rings (SSSR count). The molecule has 2 aliphatic rings. The first-order valence-electron chi connectivity index (χ1n) is 6.64. The Morgan fingerprint density at radius 2 is 2.28 bits per heavy atom. The number of β-amino-alcohol motifs (C(OH)–C–C–N with tert-alkyl or cyclic N) is 1. The maximum atomic E-state index is 9.75. The molecule has 1 aromatic heterocycles. The molecule has 94 valence electrons. The standard InChI is InChI=1S/C14H17N3O/c15-8-11-7-10-3-1-5-13(10)16-14(11)17-6-2-4-12(18)9-17/h7,12,18H,1-6,9H2/t12-/m0/s1. The number of hydrogen-bond acceptors (Lipinski definition) is 4. The molecule has 1 atom stereocenters. The van der Waals surface area contributed by atoms with Crippen LogP contribution < -0.4 is 4.90 Å². The Morgan fingerprint density at radius 3 is 3.06 bits per heavy atom. The third kappa shape index (κ3) is 1.95. The summed E-state index contributed by atoms with van der Waals surface area (Å²) in [4.78, 5) is 6.74. The number of hydrogen-bond donors (Lipinski definition) is 1. The fourth-order valence-electron chi connectivity index (χ4n) is 2.93. The molecule has 4 nitrogen and oxygen atoms in total. The van der Waals surface area contributed by atoms with E-state index in [9.17, 15) is 10.4 Å². The molecule has 0 saturated carbocycles. The van der Waals surface area contributed by atoms with Crippen LogP contribution >= 0.6 is 0 Å². The number of rotatable bonds is 1. The summed E-state index contributed by atoms with van der Waals surface area (Å²) < 4.78 is 0. The maximum Gasteiger partial charge on any atom is 0.146 e. The lowest BCUT2D eigenvalue weighted by molar-refractivity contribution is 0.154. The number of aliphatic hydroxyl groups is 1. The normalized spacial score (nSPS) is 22.7. The van der Waals surface area contributed by atoms with Crippen molar-refractivity contribution < 1.29 is 5.11 Å². The average Bonchev–Trinajstić information content (AvgIpc) is 2.84. The first-order valence-corrected chi connectivity index (χ1v) is 6.64. The Morgan fingerprint density at radius 1 is 1.39 bits per heavy atom. The minimum absolute atomic E-state index is 0.291. The van der Waals surface area contributed by atoms with Crippen molar-refractivity contribution >= 4 is 5.82 Å². The van der Waals surface area contributed by atoms with Crippen molar-refractivity contribution in [3.63, 3.8) is 0 Å². The van der Waals surface area contributed by atoms with Crippen LogP contribution in [0.1, 0.15) is 36.1 Å². The van der Waals surface area contributed by atoms with E-state index in [0.717, 1.165) is 50.2 Å². The van der Waals surface area contributed by atoms with E-state index in [1.807, 2.05) is 6.07 Å². The quantitative estimate of drug-likeness (QED) is 0.810. The van der Waals surface area contributed by atoms with Crippen LogP contribution in [0.25, 0.3) is 0 Å².